The number of thioether (sulfide) groups is 1. The monoisotopic (exact) mass is 396 g/mol. The number of benzene rings is 1. The molecule has 1 saturated heterocycles. The molecule has 3 rings (SSSR count). The molecule has 1 aliphatic heterocycles. The van der Waals surface area contributed by atoms with Crippen molar-refractivity contribution in [2.45, 2.75) is 30.7 Å². The first-order valence-electron chi connectivity index (χ1n) is 8.21. The average Bonchev–Trinajstić information content (AvgIpc) is 3.09. The van der Waals surface area contributed by atoms with Gasteiger partial charge in [0.25, 0.3) is 5.69 Å². The van der Waals surface area contributed by atoms with Crippen LogP contribution in [-0.2, 0) is 29.1 Å². The quantitative estimate of drug-likeness (QED) is 0.419. The first-order valence-corrected chi connectivity index (χ1v) is 11.0. The molecule has 0 amide bonds. The maximum Gasteiger partial charge on any atom is 0.272 e. The highest BCUT2D eigenvalue weighted by atomic mass is 32.2. The van der Waals surface area contributed by atoms with E-state index in [-0.39, 0.29) is 28.0 Å². The highest BCUT2D eigenvalue weighted by Crippen LogP contribution is 2.28. The molecule has 10 heteroatoms. The number of hydrogen-bond donors (Lipinski definition) is 0. The smallest absolute Gasteiger partial charge is 0.272 e. The standard InChI is InChI=1S/C16H20N4O4S2/c1-11-13(4-3-5-14(11)20(21)22)9-25-16-18-17-15(19(16)2)8-12-6-7-26(23,24)10-12/h3-5,12H,6-10H2,1-2H3/t12-/m0/s1. The largest absolute Gasteiger partial charge is 0.309 e. The van der Waals surface area contributed by atoms with Crippen LogP contribution in [-0.4, -0.2) is 39.6 Å². The Morgan fingerprint density at radius 3 is 2.81 bits per heavy atom. The van der Waals surface area contributed by atoms with Crippen molar-refractivity contribution in [2.24, 2.45) is 13.0 Å². The van der Waals surface area contributed by atoms with Gasteiger partial charge in [-0.3, -0.25) is 10.1 Å². The minimum Gasteiger partial charge on any atom is -0.309 e. The molecule has 0 unspecified atom stereocenters. The molecule has 8 nitrogen and oxygen atoms in total. The maximum absolute atomic E-state index is 11.6. The number of hydrogen-bond acceptors (Lipinski definition) is 7. The van der Waals surface area contributed by atoms with Crippen LogP contribution >= 0.6 is 11.8 Å². The molecule has 2 heterocycles. The molecule has 140 valence electrons. The molecule has 1 aromatic heterocycles. The minimum atomic E-state index is -2.90. The van der Waals surface area contributed by atoms with Gasteiger partial charge in [0.1, 0.15) is 5.82 Å². The van der Waals surface area contributed by atoms with E-state index in [1.807, 2.05) is 17.7 Å². The highest BCUT2D eigenvalue weighted by molar-refractivity contribution is 7.98. The predicted octanol–water partition coefficient (Wildman–Crippen LogP) is 2.30. The summed E-state index contributed by atoms with van der Waals surface area (Å²) in [5.41, 5.74) is 1.66. The lowest BCUT2D eigenvalue weighted by Gasteiger charge is -2.08. The third kappa shape index (κ3) is 4.07. The molecule has 1 aromatic carbocycles. The van der Waals surface area contributed by atoms with Crippen LogP contribution in [0.3, 0.4) is 0 Å². The summed E-state index contributed by atoms with van der Waals surface area (Å²) in [6.07, 6.45) is 1.27. The summed E-state index contributed by atoms with van der Waals surface area (Å²) >= 11 is 1.46. The molecule has 0 bridgehead atoms. The summed E-state index contributed by atoms with van der Waals surface area (Å²) in [6, 6.07) is 5.05. The van der Waals surface area contributed by atoms with Crippen LogP contribution in [0.2, 0.25) is 0 Å². The van der Waals surface area contributed by atoms with Gasteiger partial charge in [-0.25, -0.2) is 8.42 Å². The van der Waals surface area contributed by atoms with E-state index in [2.05, 4.69) is 10.2 Å². The maximum atomic E-state index is 11.6. The van der Waals surface area contributed by atoms with Crippen molar-refractivity contribution in [3.8, 4) is 0 Å². The minimum absolute atomic E-state index is 0.0970. The van der Waals surface area contributed by atoms with Crippen molar-refractivity contribution in [3.63, 3.8) is 0 Å². The molecule has 0 saturated carbocycles. The second kappa shape index (κ2) is 7.36. The SMILES string of the molecule is Cc1c(CSc2nnc(C[C@@H]3CCS(=O)(=O)C3)n2C)cccc1[N+](=O)[O-]. The summed E-state index contributed by atoms with van der Waals surface area (Å²) in [5, 5.41) is 20.1. The Bertz CT molecular complexity index is 940. The van der Waals surface area contributed by atoms with E-state index < -0.39 is 9.84 Å². The molecule has 0 aliphatic carbocycles. The van der Waals surface area contributed by atoms with Crippen molar-refractivity contribution < 1.29 is 13.3 Å². The number of rotatable bonds is 6. The van der Waals surface area contributed by atoms with Crippen LogP contribution in [0.1, 0.15) is 23.4 Å². The zero-order valence-electron chi connectivity index (χ0n) is 14.6. The molecular formula is C16H20N4O4S2. The zero-order chi connectivity index (χ0) is 18.9. The van der Waals surface area contributed by atoms with E-state index in [1.54, 1.807) is 13.0 Å². The fraction of sp³-hybridized carbons (Fsp3) is 0.500. The van der Waals surface area contributed by atoms with Gasteiger partial charge in [0, 0.05) is 30.9 Å². The molecule has 0 radical (unpaired) electrons. The van der Waals surface area contributed by atoms with Crippen LogP contribution in [0.25, 0.3) is 0 Å². The summed E-state index contributed by atoms with van der Waals surface area (Å²) < 4.78 is 25.1. The Hall–Kier alpha value is -1.94. The van der Waals surface area contributed by atoms with Crippen molar-refractivity contribution in [3.05, 3.63) is 45.3 Å². The second-order valence-corrected chi connectivity index (χ2v) is 9.71. The molecular weight excluding hydrogens is 376 g/mol. The second-order valence-electron chi connectivity index (χ2n) is 6.54. The van der Waals surface area contributed by atoms with Gasteiger partial charge in [-0.1, -0.05) is 23.9 Å². The van der Waals surface area contributed by atoms with Gasteiger partial charge in [-0.15, -0.1) is 10.2 Å². The third-order valence-corrected chi connectivity index (χ3v) is 7.60. The molecule has 2 aromatic rings. The lowest BCUT2D eigenvalue weighted by molar-refractivity contribution is -0.385. The summed E-state index contributed by atoms with van der Waals surface area (Å²) in [4.78, 5) is 10.7. The summed E-state index contributed by atoms with van der Waals surface area (Å²) in [5.74, 6) is 1.89. The number of nitrogens with zero attached hydrogens (tertiary/aromatic N) is 4. The lowest BCUT2D eigenvalue weighted by atomic mass is 10.1. The Kier molecular flexibility index (Phi) is 5.33. The van der Waals surface area contributed by atoms with Crippen LogP contribution in [0.4, 0.5) is 5.69 Å². The van der Waals surface area contributed by atoms with Gasteiger partial charge in [0.05, 0.1) is 16.4 Å². The number of nitro groups is 1. The van der Waals surface area contributed by atoms with E-state index in [1.165, 1.54) is 17.8 Å². The molecule has 26 heavy (non-hydrogen) atoms. The topological polar surface area (TPSA) is 108 Å². The van der Waals surface area contributed by atoms with Gasteiger partial charge in [-0.2, -0.15) is 0 Å². The fourth-order valence-electron chi connectivity index (χ4n) is 3.11. The van der Waals surface area contributed by atoms with Crippen LogP contribution < -0.4 is 0 Å². The molecule has 0 spiro atoms. The number of aromatic nitrogens is 3. The van der Waals surface area contributed by atoms with Crippen LogP contribution in [0.15, 0.2) is 23.4 Å². The van der Waals surface area contributed by atoms with E-state index in [4.69, 9.17) is 0 Å². The van der Waals surface area contributed by atoms with Gasteiger partial charge < -0.3 is 4.57 Å². The van der Waals surface area contributed by atoms with Crippen molar-refractivity contribution in [1.82, 2.24) is 14.8 Å². The normalized spacial score (nSPS) is 18.9. The van der Waals surface area contributed by atoms with Crippen molar-refractivity contribution in [1.29, 1.82) is 0 Å². The zero-order valence-corrected chi connectivity index (χ0v) is 16.2. The predicted molar refractivity (Wildman–Crippen MR) is 98.9 cm³/mol. The van der Waals surface area contributed by atoms with Crippen molar-refractivity contribution in [2.75, 3.05) is 11.5 Å². The van der Waals surface area contributed by atoms with Gasteiger partial charge in [-0.05, 0) is 24.8 Å². The van der Waals surface area contributed by atoms with Gasteiger partial charge >= 0.3 is 0 Å². The Balaban J connectivity index is 1.68. The molecule has 1 atom stereocenters. The van der Waals surface area contributed by atoms with Crippen LogP contribution in [0.5, 0.6) is 0 Å². The first kappa shape index (κ1) is 18.8. The molecule has 1 aliphatic rings. The first-order chi connectivity index (χ1) is 12.3. The highest BCUT2D eigenvalue weighted by Gasteiger charge is 2.29. The summed E-state index contributed by atoms with van der Waals surface area (Å²) in [6.45, 7) is 1.75. The molecule has 0 N–H and O–H groups in total. The Morgan fingerprint density at radius 2 is 2.15 bits per heavy atom. The fourth-order valence-corrected chi connectivity index (χ4v) is 5.96. The third-order valence-electron chi connectivity index (χ3n) is 4.69. The van der Waals surface area contributed by atoms with Crippen LogP contribution in [0, 0.1) is 23.0 Å². The summed E-state index contributed by atoms with van der Waals surface area (Å²) in [7, 11) is -1.04. The van der Waals surface area contributed by atoms with Crippen molar-refractivity contribution >= 4 is 27.3 Å². The van der Waals surface area contributed by atoms with E-state index in [0.717, 1.165) is 11.4 Å². The Morgan fingerprint density at radius 1 is 1.38 bits per heavy atom. The van der Waals surface area contributed by atoms with E-state index >= 15 is 0 Å². The van der Waals surface area contributed by atoms with E-state index in [9.17, 15) is 18.5 Å². The number of nitro benzene ring substituents is 1. The Labute approximate surface area is 156 Å². The number of sulfone groups is 1. The lowest BCUT2D eigenvalue weighted by Crippen LogP contribution is -2.11. The average molecular weight is 396 g/mol. The van der Waals surface area contributed by atoms with Gasteiger partial charge in [0.15, 0.2) is 15.0 Å². The molecule has 1 fully saturated rings. The van der Waals surface area contributed by atoms with E-state index in [0.29, 0.717) is 29.3 Å². The van der Waals surface area contributed by atoms with Gasteiger partial charge in [0.2, 0.25) is 0 Å².